The molecule has 0 aliphatic carbocycles. The molecule has 0 aromatic heterocycles. The summed E-state index contributed by atoms with van der Waals surface area (Å²) < 4.78 is 5.67. The van der Waals surface area contributed by atoms with Crippen molar-refractivity contribution >= 4 is 23.7 Å². The van der Waals surface area contributed by atoms with Crippen molar-refractivity contribution in [3.05, 3.63) is 59.7 Å². The average Bonchev–Trinajstić information content (AvgIpc) is 2.71. The quantitative estimate of drug-likeness (QED) is 0.472. The van der Waals surface area contributed by atoms with Crippen molar-refractivity contribution in [3.8, 4) is 0 Å². The predicted molar refractivity (Wildman–Crippen MR) is 102 cm³/mol. The number of hydrogen-bond donors (Lipinski definition) is 5. The molecule has 1 aliphatic rings. The Morgan fingerprint density at radius 2 is 1.86 bits per heavy atom. The smallest absolute Gasteiger partial charge is 0.255 e. The van der Waals surface area contributed by atoms with Crippen LogP contribution in [0.4, 0.5) is 11.4 Å². The topological polar surface area (TPSA) is 128 Å². The van der Waals surface area contributed by atoms with Crippen molar-refractivity contribution in [2.75, 3.05) is 17.2 Å². The van der Waals surface area contributed by atoms with Crippen LogP contribution in [0.5, 0.6) is 0 Å². The van der Waals surface area contributed by atoms with Gasteiger partial charge >= 0.3 is 0 Å². The first-order chi connectivity index (χ1) is 13.5. The summed E-state index contributed by atoms with van der Waals surface area (Å²) in [6, 6.07) is 13.2. The Morgan fingerprint density at radius 1 is 1.14 bits per heavy atom. The molecule has 28 heavy (non-hydrogen) atoms. The molecule has 8 nitrogen and oxygen atoms in total. The molecular weight excluding hydrogens is 364 g/mol. The van der Waals surface area contributed by atoms with E-state index in [9.17, 15) is 24.9 Å². The number of hydrogen-bond acceptors (Lipinski definition) is 6. The highest BCUT2D eigenvalue weighted by molar-refractivity contribution is 6.04. The fraction of sp³-hybridized carbons (Fsp3) is 0.300. The predicted octanol–water partition coefficient (Wildman–Crippen LogP) is 1.05. The minimum absolute atomic E-state index is 0.142. The number of ether oxygens (including phenoxy) is 1. The van der Waals surface area contributed by atoms with E-state index in [1.807, 2.05) is 0 Å². The Kier molecular flexibility index (Phi) is 6.37. The van der Waals surface area contributed by atoms with Gasteiger partial charge in [-0.25, -0.2) is 0 Å². The van der Waals surface area contributed by atoms with E-state index in [1.54, 1.807) is 48.5 Å². The van der Waals surface area contributed by atoms with E-state index < -0.39 is 24.4 Å². The molecule has 148 valence electrons. The van der Waals surface area contributed by atoms with E-state index in [2.05, 4.69) is 10.6 Å². The van der Waals surface area contributed by atoms with Gasteiger partial charge in [0.15, 0.2) is 0 Å². The van der Waals surface area contributed by atoms with Crippen LogP contribution in [-0.2, 0) is 9.53 Å². The van der Waals surface area contributed by atoms with E-state index in [4.69, 9.17) is 4.74 Å². The average molecular weight is 386 g/mol. The summed E-state index contributed by atoms with van der Waals surface area (Å²) in [6.07, 6.45) is -2.89. The van der Waals surface area contributed by atoms with Crippen molar-refractivity contribution < 1.29 is 29.6 Å². The molecule has 3 unspecified atom stereocenters. The molecule has 1 aliphatic heterocycles. The maximum absolute atomic E-state index is 12.6. The second-order valence-electron chi connectivity index (χ2n) is 6.57. The number of aliphatic hydroxyl groups is 3. The number of amides is 2. The lowest BCUT2D eigenvalue weighted by molar-refractivity contribution is -0.179. The fourth-order valence-electron chi connectivity index (χ4n) is 3.13. The van der Waals surface area contributed by atoms with Crippen LogP contribution in [0.1, 0.15) is 28.4 Å². The molecule has 0 spiro atoms. The van der Waals surface area contributed by atoms with Gasteiger partial charge < -0.3 is 30.7 Å². The molecule has 1 fully saturated rings. The minimum Gasteiger partial charge on any atom is -0.394 e. The van der Waals surface area contributed by atoms with Crippen LogP contribution in [0.15, 0.2) is 48.5 Å². The van der Waals surface area contributed by atoms with E-state index in [0.29, 0.717) is 28.9 Å². The maximum atomic E-state index is 12.6. The summed E-state index contributed by atoms with van der Waals surface area (Å²) in [4.78, 5) is 23.0. The summed E-state index contributed by atoms with van der Waals surface area (Å²) in [6.45, 7) is -0.268. The molecule has 1 heterocycles. The summed E-state index contributed by atoms with van der Waals surface area (Å²) in [5.74, 6) is -0.359. The van der Waals surface area contributed by atoms with Gasteiger partial charge in [-0.15, -0.1) is 0 Å². The number of nitrogens with one attached hydrogen (secondary N) is 2. The highest BCUT2D eigenvalue weighted by Crippen LogP contribution is 2.32. The third-order valence-electron chi connectivity index (χ3n) is 4.60. The standard InChI is InChI=1S/C20H22N2O6/c23-10-16-9-17(25)18(26)19(28-16)12-2-1-3-13(8-12)20(27)22-15-6-4-14(5-7-15)21-11-24/h1-8,11,16-19,23,25-26H,9-10H2,(H,21,24)(H,22,27)/t16?,17?,18?,19-/m1/s1. The highest BCUT2D eigenvalue weighted by atomic mass is 16.5. The first-order valence-corrected chi connectivity index (χ1v) is 8.86. The Morgan fingerprint density at radius 3 is 2.54 bits per heavy atom. The lowest BCUT2D eigenvalue weighted by Gasteiger charge is -2.36. The van der Waals surface area contributed by atoms with Crippen LogP contribution < -0.4 is 10.6 Å². The molecular formula is C20H22N2O6. The molecule has 0 saturated carbocycles. The maximum Gasteiger partial charge on any atom is 0.255 e. The number of carbonyl (C=O) groups excluding carboxylic acids is 2. The van der Waals surface area contributed by atoms with Crippen LogP contribution in [0.25, 0.3) is 0 Å². The van der Waals surface area contributed by atoms with Gasteiger partial charge in [-0.05, 0) is 42.0 Å². The molecule has 5 N–H and O–H groups in total. The van der Waals surface area contributed by atoms with Crippen LogP contribution >= 0.6 is 0 Å². The number of rotatable bonds is 6. The number of anilines is 2. The van der Waals surface area contributed by atoms with E-state index in [-0.39, 0.29) is 18.9 Å². The van der Waals surface area contributed by atoms with E-state index in [1.165, 1.54) is 0 Å². The van der Waals surface area contributed by atoms with E-state index in [0.717, 1.165) is 0 Å². The Bertz CT molecular complexity index is 826. The largest absolute Gasteiger partial charge is 0.394 e. The molecule has 2 aromatic carbocycles. The Hall–Kier alpha value is -2.78. The van der Waals surface area contributed by atoms with Crippen LogP contribution in [0, 0.1) is 0 Å². The van der Waals surface area contributed by atoms with Crippen molar-refractivity contribution in [1.29, 1.82) is 0 Å². The highest BCUT2D eigenvalue weighted by Gasteiger charge is 2.37. The lowest BCUT2D eigenvalue weighted by atomic mass is 9.92. The zero-order valence-corrected chi connectivity index (χ0v) is 15.0. The molecule has 2 amide bonds. The normalized spacial score (nSPS) is 24.4. The zero-order valence-electron chi connectivity index (χ0n) is 15.0. The molecule has 8 heteroatoms. The minimum atomic E-state index is -1.15. The van der Waals surface area contributed by atoms with Gasteiger partial charge in [-0.2, -0.15) is 0 Å². The molecule has 2 aromatic rings. The van der Waals surface area contributed by atoms with Crippen LogP contribution in [-0.4, -0.2) is 52.6 Å². The number of aliphatic hydroxyl groups excluding tert-OH is 3. The van der Waals surface area contributed by atoms with Crippen molar-refractivity contribution in [1.82, 2.24) is 0 Å². The second-order valence-corrected chi connectivity index (χ2v) is 6.57. The third-order valence-corrected chi connectivity index (χ3v) is 4.60. The number of carbonyl (C=O) groups is 2. The molecule has 3 rings (SSSR count). The fourth-order valence-corrected chi connectivity index (χ4v) is 3.13. The van der Waals surface area contributed by atoms with Crippen molar-refractivity contribution in [2.45, 2.75) is 30.8 Å². The Balaban J connectivity index is 1.74. The molecule has 1 saturated heterocycles. The van der Waals surface area contributed by atoms with Gasteiger partial charge in [-0.1, -0.05) is 12.1 Å². The number of benzene rings is 2. The molecule has 0 bridgehead atoms. The first-order valence-electron chi connectivity index (χ1n) is 8.86. The first kappa shape index (κ1) is 20.0. The summed E-state index contributed by atoms with van der Waals surface area (Å²) in [5, 5.41) is 34.8. The summed E-state index contributed by atoms with van der Waals surface area (Å²) in [5.41, 5.74) is 2.04. The van der Waals surface area contributed by atoms with Gasteiger partial charge in [-0.3, -0.25) is 9.59 Å². The Labute approximate surface area is 161 Å². The summed E-state index contributed by atoms with van der Waals surface area (Å²) in [7, 11) is 0. The lowest BCUT2D eigenvalue weighted by Crippen LogP contribution is -2.44. The van der Waals surface area contributed by atoms with Gasteiger partial charge in [0.25, 0.3) is 5.91 Å². The van der Waals surface area contributed by atoms with Crippen molar-refractivity contribution in [3.63, 3.8) is 0 Å². The zero-order chi connectivity index (χ0) is 20.1. The van der Waals surface area contributed by atoms with Gasteiger partial charge in [0, 0.05) is 23.4 Å². The van der Waals surface area contributed by atoms with Gasteiger partial charge in [0.05, 0.1) is 18.8 Å². The van der Waals surface area contributed by atoms with E-state index >= 15 is 0 Å². The molecule has 4 atom stereocenters. The monoisotopic (exact) mass is 386 g/mol. The van der Waals surface area contributed by atoms with Crippen molar-refractivity contribution in [2.24, 2.45) is 0 Å². The van der Waals surface area contributed by atoms with Gasteiger partial charge in [0.1, 0.15) is 12.2 Å². The van der Waals surface area contributed by atoms with Gasteiger partial charge in [0.2, 0.25) is 6.41 Å². The third kappa shape index (κ3) is 4.55. The second kappa shape index (κ2) is 8.94. The molecule has 0 radical (unpaired) electrons. The van der Waals surface area contributed by atoms with Crippen LogP contribution in [0.2, 0.25) is 0 Å². The SMILES string of the molecule is O=CNc1ccc(NC(=O)c2cccc([C@H]3OC(CO)CC(O)C3O)c2)cc1. The summed E-state index contributed by atoms with van der Waals surface area (Å²) >= 11 is 0. The van der Waals surface area contributed by atoms with Crippen LogP contribution in [0.3, 0.4) is 0 Å².